The molecule has 0 unspecified atom stereocenters. The highest BCUT2D eigenvalue weighted by Crippen LogP contribution is 2.32. The quantitative estimate of drug-likeness (QED) is 0.749. The largest absolute Gasteiger partial charge is 0.454 e. The number of benzene rings is 1. The number of thiophene rings is 1. The van der Waals surface area contributed by atoms with Crippen LogP contribution in [-0.4, -0.2) is 42.9 Å². The van der Waals surface area contributed by atoms with Crippen LogP contribution in [0.3, 0.4) is 0 Å². The predicted octanol–water partition coefficient (Wildman–Crippen LogP) is 1.94. The number of piperazine rings is 1. The highest BCUT2D eigenvalue weighted by atomic mass is 32.1. The molecule has 3 aromatic rings. The lowest BCUT2D eigenvalue weighted by Crippen LogP contribution is -3.13. The van der Waals surface area contributed by atoms with E-state index in [-0.39, 0.29) is 0 Å². The van der Waals surface area contributed by atoms with E-state index in [9.17, 15) is 0 Å². The van der Waals surface area contributed by atoms with Gasteiger partial charge in [-0.15, -0.1) is 11.3 Å². The highest BCUT2D eigenvalue weighted by Gasteiger charge is 2.24. The van der Waals surface area contributed by atoms with Crippen molar-refractivity contribution in [3.05, 3.63) is 40.5 Å². The molecule has 2 aliphatic rings. The van der Waals surface area contributed by atoms with E-state index in [0.29, 0.717) is 6.79 Å². The van der Waals surface area contributed by atoms with E-state index < -0.39 is 0 Å². The number of hydrogen-bond acceptors (Lipinski definition) is 6. The lowest BCUT2D eigenvalue weighted by molar-refractivity contribution is -0.914. The Bertz CT molecular complexity index is 995. The smallest absolute Gasteiger partial charge is 0.231 e. The van der Waals surface area contributed by atoms with Gasteiger partial charge in [0.05, 0.1) is 31.6 Å². The van der Waals surface area contributed by atoms with Gasteiger partial charge < -0.3 is 19.3 Å². The Hall–Kier alpha value is -2.38. The number of aryl methyl sites for hydroxylation is 2. The van der Waals surface area contributed by atoms with Crippen LogP contribution >= 0.6 is 11.3 Å². The maximum Gasteiger partial charge on any atom is 0.231 e. The van der Waals surface area contributed by atoms with Crippen LogP contribution in [-0.2, 0) is 6.54 Å². The van der Waals surface area contributed by atoms with Crippen molar-refractivity contribution in [3.8, 4) is 11.5 Å². The minimum atomic E-state index is 0.333. The molecule has 1 saturated heterocycles. The number of nitrogens with one attached hydrogen (secondary N) is 1. The van der Waals surface area contributed by atoms with Crippen LogP contribution in [0.4, 0.5) is 5.82 Å². The molecular formula is C20H23N4O2S+. The fourth-order valence-electron chi connectivity index (χ4n) is 3.92. The van der Waals surface area contributed by atoms with Crippen LogP contribution in [0.15, 0.2) is 24.3 Å². The van der Waals surface area contributed by atoms with Gasteiger partial charge in [-0.3, -0.25) is 0 Å². The first-order valence-electron chi connectivity index (χ1n) is 9.37. The Morgan fingerprint density at radius 2 is 1.89 bits per heavy atom. The van der Waals surface area contributed by atoms with E-state index >= 15 is 0 Å². The third-order valence-electron chi connectivity index (χ3n) is 5.27. The zero-order valence-corrected chi connectivity index (χ0v) is 16.4. The Labute approximate surface area is 162 Å². The van der Waals surface area contributed by atoms with Gasteiger partial charge in [0.15, 0.2) is 11.5 Å². The summed E-state index contributed by atoms with van der Waals surface area (Å²) in [7, 11) is 0. The normalized spacial score (nSPS) is 17.0. The summed E-state index contributed by atoms with van der Waals surface area (Å²) in [5.41, 5.74) is 1.30. The molecule has 0 bridgehead atoms. The highest BCUT2D eigenvalue weighted by molar-refractivity contribution is 7.18. The van der Waals surface area contributed by atoms with E-state index in [4.69, 9.17) is 14.5 Å². The monoisotopic (exact) mass is 383 g/mol. The van der Waals surface area contributed by atoms with E-state index in [2.05, 4.69) is 35.0 Å². The summed E-state index contributed by atoms with van der Waals surface area (Å²) in [5, 5.41) is 1.20. The molecular weight excluding hydrogens is 360 g/mol. The first kappa shape index (κ1) is 16.8. The third kappa shape index (κ3) is 3.21. The molecule has 0 saturated carbocycles. The summed E-state index contributed by atoms with van der Waals surface area (Å²) in [6.07, 6.45) is 0. The van der Waals surface area contributed by atoms with Crippen LogP contribution in [0.5, 0.6) is 11.5 Å². The molecule has 4 heterocycles. The summed E-state index contributed by atoms with van der Waals surface area (Å²) in [6.45, 7) is 9.70. The zero-order valence-electron chi connectivity index (χ0n) is 15.6. The van der Waals surface area contributed by atoms with Crippen LogP contribution in [0.25, 0.3) is 10.2 Å². The topological polar surface area (TPSA) is 51.9 Å². The molecule has 6 nitrogen and oxygen atoms in total. The summed E-state index contributed by atoms with van der Waals surface area (Å²) in [4.78, 5) is 15.8. The summed E-state index contributed by atoms with van der Waals surface area (Å²) < 4.78 is 10.9. The standard InChI is InChI=1S/C20H22N4O2S/c1-13-9-16-19(21-14(2)22-20(16)27-13)24-7-5-23(6-8-24)11-15-3-4-17-18(10-15)26-12-25-17/h3-4,9-10H,5-8,11-12H2,1-2H3/p+1. The second-order valence-corrected chi connectivity index (χ2v) is 8.51. The number of quaternary nitrogens is 1. The van der Waals surface area contributed by atoms with Crippen molar-refractivity contribution >= 4 is 27.4 Å². The molecule has 140 valence electrons. The zero-order chi connectivity index (χ0) is 18.4. The number of anilines is 1. The van der Waals surface area contributed by atoms with Gasteiger partial charge >= 0.3 is 0 Å². The van der Waals surface area contributed by atoms with Crippen molar-refractivity contribution in [3.63, 3.8) is 0 Å². The van der Waals surface area contributed by atoms with Crippen molar-refractivity contribution in [1.82, 2.24) is 9.97 Å². The van der Waals surface area contributed by atoms with Gasteiger partial charge in [0.1, 0.15) is 23.0 Å². The minimum absolute atomic E-state index is 0.333. The Kier molecular flexibility index (Phi) is 4.13. The van der Waals surface area contributed by atoms with Gasteiger partial charge in [0, 0.05) is 10.4 Å². The van der Waals surface area contributed by atoms with Gasteiger partial charge in [0.25, 0.3) is 0 Å². The van der Waals surface area contributed by atoms with Gasteiger partial charge in [-0.1, -0.05) is 0 Å². The Morgan fingerprint density at radius 1 is 1.07 bits per heavy atom. The fraction of sp³-hybridized carbons (Fsp3) is 0.400. The molecule has 5 rings (SSSR count). The SMILES string of the molecule is Cc1nc(N2CC[NH+](Cc3ccc4c(c3)OCO4)CC2)c2cc(C)sc2n1. The lowest BCUT2D eigenvalue weighted by Gasteiger charge is -2.33. The van der Waals surface area contributed by atoms with Gasteiger partial charge in [-0.05, 0) is 38.1 Å². The van der Waals surface area contributed by atoms with Crippen LogP contribution in [0.1, 0.15) is 16.3 Å². The molecule has 1 aromatic carbocycles. The molecule has 2 aromatic heterocycles. The number of ether oxygens (including phenoxy) is 2. The van der Waals surface area contributed by atoms with E-state index in [1.807, 2.05) is 13.0 Å². The molecule has 27 heavy (non-hydrogen) atoms. The Balaban J connectivity index is 1.29. The average molecular weight is 383 g/mol. The first-order chi connectivity index (χ1) is 13.2. The number of aromatic nitrogens is 2. The minimum Gasteiger partial charge on any atom is -0.454 e. The number of rotatable bonds is 3. The lowest BCUT2D eigenvalue weighted by atomic mass is 10.1. The van der Waals surface area contributed by atoms with Gasteiger partial charge in [0.2, 0.25) is 6.79 Å². The van der Waals surface area contributed by atoms with Crippen LogP contribution < -0.4 is 19.3 Å². The third-order valence-corrected chi connectivity index (χ3v) is 6.21. The van der Waals surface area contributed by atoms with Crippen molar-refractivity contribution in [2.24, 2.45) is 0 Å². The van der Waals surface area contributed by atoms with E-state index in [0.717, 1.165) is 60.7 Å². The number of nitrogens with zero attached hydrogens (tertiary/aromatic N) is 3. The molecule has 0 aliphatic carbocycles. The van der Waals surface area contributed by atoms with Crippen molar-refractivity contribution in [1.29, 1.82) is 0 Å². The van der Waals surface area contributed by atoms with Crippen molar-refractivity contribution in [2.45, 2.75) is 20.4 Å². The average Bonchev–Trinajstić information content (AvgIpc) is 3.26. The van der Waals surface area contributed by atoms with Crippen LogP contribution in [0.2, 0.25) is 0 Å². The summed E-state index contributed by atoms with van der Waals surface area (Å²) in [6, 6.07) is 8.51. The second-order valence-electron chi connectivity index (χ2n) is 7.27. The second kappa shape index (κ2) is 6.65. The van der Waals surface area contributed by atoms with Gasteiger partial charge in [-0.2, -0.15) is 0 Å². The van der Waals surface area contributed by atoms with E-state index in [1.165, 1.54) is 15.8 Å². The maximum absolute atomic E-state index is 5.50. The molecule has 0 spiro atoms. The van der Waals surface area contributed by atoms with Crippen molar-refractivity contribution in [2.75, 3.05) is 37.9 Å². The van der Waals surface area contributed by atoms with Gasteiger partial charge in [-0.25, -0.2) is 9.97 Å². The predicted molar refractivity (Wildman–Crippen MR) is 106 cm³/mol. The molecule has 0 radical (unpaired) electrons. The summed E-state index contributed by atoms with van der Waals surface area (Å²) >= 11 is 1.75. The van der Waals surface area contributed by atoms with E-state index in [1.54, 1.807) is 16.2 Å². The first-order valence-corrected chi connectivity index (χ1v) is 10.2. The summed E-state index contributed by atoms with van der Waals surface area (Å²) in [5.74, 6) is 3.68. The fourth-order valence-corrected chi connectivity index (χ4v) is 4.84. The molecule has 0 atom stereocenters. The van der Waals surface area contributed by atoms with Crippen LogP contribution in [0, 0.1) is 13.8 Å². The maximum atomic E-state index is 5.50. The molecule has 1 fully saturated rings. The molecule has 2 aliphatic heterocycles. The molecule has 7 heteroatoms. The molecule has 1 N–H and O–H groups in total. The number of fused-ring (bicyclic) bond motifs is 2. The molecule has 0 amide bonds. The number of hydrogen-bond donors (Lipinski definition) is 1. The Morgan fingerprint density at radius 3 is 2.74 bits per heavy atom. The van der Waals surface area contributed by atoms with Crippen molar-refractivity contribution < 1.29 is 14.4 Å².